The van der Waals surface area contributed by atoms with Crippen LogP contribution in [0.5, 0.6) is 5.75 Å². The van der Waals surface area contributed by atoms with Gasteiger partial charge in [-0.3, -0.25) is 4.79 Å². The average Bonchev–Trinajstić information content (AvgIpc) is 3.19. The highest BCUT2D eigenvalue weighted by Gasteiger charge is 2.31. The van der Waals surface area contributed by atoms with Crippen LogP contribution in [0.1, 0.15) is 27.7 Å². The molecule has 1 unspecified atom stereocenters. The molecule has 32 heavy (non-hydrogen) atoms. The Labute approximate surface area is 182 Å². The van der Waals surface area contributed by atoms with Crippen molar-refractivity contribution in [2.45, 2.75) is 12.2 Å². The first-order chi connectivity index (χ1) is 15.1. The van der Waals surface area contributed by atoms with Gasteiger partial charge in [-0.2, -0.15) is 18.3 Å². The van der Waals surface area contributed by atoms with Crippen LogP contribution in [0, 0.1) is 5.82 Å². The lowest BCUT2D eigenvalue weighted by atomic mass is 10.1. The fourth-order valence-corrected chi connectivity index (χ4v) is 3.18. The van der Waals surface area contributed by atoms with E-state index in [1.165, 1.54) is 37.6 Å². The number of benzene rings is 2. The summed E-state index contributed by atoms with van der Waals surface area (Å²) in [7, 11) is 4.98. The van der Waals surface area contributed by atoms with Crippen molar-refractivity contribution in [1.29, 1.82) is 0 Å². The van der Waals surface area contributed by atoms with E-state index in [9.17, 15) is 22.4 Å². The van der Waals surface area contributed by atoms with Crippen LogP contribution in [0.15, 0.2) is 54.7 Å². The molecule has 6 nitrogen and oxygen atoms in total. The molecule has 1 amide bonds. The second-order valence-corrected chi connectivity index (χ2v) is 7.28. The number of hydrogen-bond acceptors (Lipinski definition) is 4. The number of aromatic nitrogens is 2. The van der Waals surface area contributed by atoms with E-state index in [0.29, 0.717) is 0 Å². The van der Waals surface area contributed by atoms with E-state index < -0.39 is 17.6 Å². The first-order valence-electron chi connectivity index (χ1n) is 9.61. The SMILES string of the molecule is COc1cn(-c2cccc(C(F)(F)F)c2)nc1C(=O)NCC(c1ccc(F)cc1)N(C)C. The summed E-state index contributed by atoms with van der Waals surface area (Å²) in [5, 5.41) is 6.89. The number of rotatable bonds is 7. The molecule has 0 aliphatic heterocycles. The Bertz CT molecular complexity index is 1080. The maximum Gasteiger partial charge on any atom is 0.416 e. The molecule has 0 bridgehead atoms. The molecule has 3 rings (SSSR count). The molecule has 1 aromatic heterocycles. The van der Waals surface area contributed by atoms with Crippen LogP contribution in [0.2, 0.25) is 0 Å². The van der Waals surface area contributed by atoms with Crippen LogP contribution >= 0.6 is 0 Å². The van der Waals surface area contributed by atoms with Crippen LogP contribution in [0.3, 0.4) is 0 Å². The molecule has 0 saturated carbocycles. The van der Waals surface area contributed by atoms with Crippen molar-refractivity contribution in [3.8, 4) is 11.4 Å². The zero-order valence-corrected chi connectivity index (χ0v) is 17.7. The molecule has 1 heterocycles. The molecule has 10 heteroatoms. The molecule has 0 fully saturated rings. The van der Waals surface area contributed by atoms with E-state index in [2.05, 4.69) is 10.4 Å². The van der Waals surface area contributed by atoms with Crippen molar-refractivity contribution < 1.29 is 27.1 Å². The Morgan fingerprint density at radius 3 is 2.47 bits per heavy atom. The van der Waals surface area contributed by atoms with Crippen molar-refractivity contribution in [3.63, 3.8) is 0 Å². The predicted molar refractivity (Wildman–Crippen MR) is 110 cm³/mol. The maximum absolute atomic E-state index is 13.2. The Morgan fingerprint density at radius 2 is 1.88 bits per heavy atom. The van der Waals surface area contributed by atoms with Gasteiger partial charge < -0.3 is 15.0 Å². The number of halogens is 4. The molecule has 0 spiro atoms. The summed E-state index contributed by atoms with van der Waals surface area (Å²) in [5.74, 6) is -0.801. The van der Waals surface area contributed by atoms with Gasteiger partial charge in [0.15, 0.2) is 11.4 Å². The minimum Gasteiger partial charge on any atom is -0.493 e. The van der Waals surface area contributed by atoms with Crippen molar-refractivity contribution in [2.24, 2.45) is 0 Å². The third kappa shape index (κ3) is 5.25. The number of nitrogens with zero attached hydrogens (tertiary/aromatic N) is 3. The Balaban J connectivity index is 1.81. The summed E-state index contributed by atoms with van der Waals surface area (Å²) in [6.45, 7) is 0.192. The Hall–Kier alpha value is -3.40. The fourth-order valence-electron chi connectivity index (χ4n) is 3.18. The molecule has 1 N–H and O–H groups in total. The average molecular weight is 450 g/mol. The highest BCUT2D eigenvalue weighted by atomic mass is 19.4. The first-order valence-corrected chi connectivity index (χ1v) is 9.61. The van der Waals surface area contributed by atoms with Crippen LogP contribution in [-0.4, -0.2) is 48.3 Å². The van der Waals surface area contributed by atoms with E-state index in [4.69, 9.17) is 4.74 Å². The molecule has 2 aromatic carbocycles. The smallest absolute Gasteiger partial charge is 0.416 e. The standard InChI is InChI=1S/C22H22F4N4O2/c1-29(2)18(14-7-9-16(23)10-8-14)12-27-21(31)20-19(32-3)13-30(28-20)17-6-4-5-15(11-17)22(24,25)26/h4-11,13,18H,12H2,1-3H3,(H,27,31). The zero-order chi connectivity index (χ0) is 23.5. The molecule has 170 valence electrons. The lowest BCUT2D eigenvalue weighted by molar-refractivity contribution is -0.137. The van der Waals surface area contributed by atoms with Gasteiger partial charge in [-0.15, -0.1) is 0 Å². The molecule has 0 aliphatic rings. The quantitative estimate of drug-likeness (QED) is 0.552. The van der Waals surface area contributed by atoms with E-state index >= 15 is 0 Å². The molecular formula is C22H22F4N4O2. The van der Waals surface area contributed by atoms with Gasteiger partial charge in [-0.25, -0.2) is 9.07 Å². The van der Waals surface area contributed by atoms with Crippen LogP contribution in [0.4, 0.5) is 17.6 Å². The number of amides is 1. The number of likely N-dealkylation sites (N-methyl/N-ethyl adjacent to an activating group) is 1. The number of carbonyl (C=O) groups excluding carboxylic acids is 1. The number of hydrogen-bond donors (Lipinski definition) is 1. The monoisotopic (exact) mass is 450 g/mol. The van der Waals surface area contributed by atoms with Crippen molar-refractivity contribution in [1.82, 2.24) is 20.0 Å². The highest BCUT2D eigenvalue weighted by Crippen LogP contribution is 2.31. The summed E-state index contributed by atoms with van der Waals surface area (Å²) < 4.78 is 58.7. The second-order valence-electron chi connectivity index (χ2n) is 7.28. The second kappa shape index (κ2) is 9.39. The number of methoxy groups -OCH3 is 1. The Kier molecular flexibility index (Phi) is 6.83. The number of alkyl halides is 3. The van der Waals surface area contributed by atoms with Gasteiger partial charge in [-0.1, -0.05) is 18.2 Å². The lowest BCUT2D eigenvalue weighted by Gasteiger charge is -2.25. The molecule has 0 saturated heterocycles. The summed E-state index contributed by atoms with van der Waals surface area (Å²) in [4.78, 5) is 14.6. The third-order valence-electron chi connectivity index (χ3n) is 4.89. The van der Waals surface area contributed by atoms with Crippen molar-refractivity contribution in [3.05, 3.63) is 77.4 Å². The highest BCUT2D eigenvalue weighted by molar-refractivity contribution is 5.95. The molecule has 1 atom stereocenters. The van der Waals surface area contributed by atoms with E-state index in [0.717, 1.165) is 22.4 Å². The molecule has 0 aliphatic carbocycles. The van der Waals surface area contributed by atoms with E-state index in [1.54, 1.807) is 12.1 Å². The van der Waals surface area contributed by atoms with Gasteiger partial charge >= 0.3 is 6.18 Å². The minimum absolute atomic E-state index is 0.0680. The van der Waals surface area contributed by atoms with Gasteiger partial charge in [0.25, 0.3) is 5.91 Å². The summed E-state index contributed by atoms with van der Waals surface area (Å²) in [5.41, 5.74) is 0.0398. The number of carbonyl (C=O) groups is 1. The molecule has 3 aromatic rings. The largest absolute Gasteiger partial charge is 0.493 e. The minimum atomic E-state index is -4.50. The topological polar surface area (TPSA) is 59.4 Å². The van der Waals surface area contributed by atoms with Gasteiger partial charge in [0.1, 0.15) is 5.82 Å². The van der Waals surface area contributed by atoms with Crippen molar-refractivity contribution in [2.75, 3.05) is 27.7 Å². The van der Waals surface area contributed by atoms with Gasteiger partial charge in [0, 0.05) is 6.54 Å². The van der Waals surface area contributed by atoms with E-state index in [1.807, 2.05) is 19.0 Å². The van der Waals surface area contributed by atoms with Crippen LogP contribution < -0.4 is 10.1 Å². The zero-order valence-electron chi connectivity index (χ0n) is 17.7. The first kappa shape index (κ1) is 23.3. The van der Waals surface area contributed by atoms with Crippen molar-refractivity contribution >= 4 is 5.91 Å². The third-order valence-corrected chi connectivity index (χ3v) is 4.89. The van der Waals surface area contributed by atoms with E-state index in [-0.39, 0.29) is 35.5 Å². The van der Waals surface area contributed by atoms with Crippen LogP contribution in [0.25, 0.3) is 5.69 Å². The molecular weight excluding hydrogens is 428 g/mol. The molecule has 0 radical (unpaired) electrons. The van der Waals surface area contributed by atoms with Gasteiger partial charge in [-0.05, 0) is 50.0 Å². The van der Waals surface area contributed by atoms with Crippen LogP contribution in [-0.2, 0) is 6.18 Å². The summed E-state index contributed by atoms with van der Waals surface area (Å²) in [6, 6.07) is 10.3. The number of ether oxygens (including phenoxy) is 1. The normalized spacial score (nSPS) is 12.6. The fraction of sp³-hybridized carbons (Fsp3) is 0.273. The van der Waals surface area contributed by atoms with Gasteiger partial charge in [0.05, 0.1) is 30.6 Å². The predicted octanol–water partition coefficient (Wildman–Crippen LogP) is 4.07. The maximum atomic E-state index is 13.2. The van der Waals surface area contributed by atoms with Gasteiger partial charge in [0.2, 0.25) is 0 Å². The number of nitrogens with one attached hydrogen (secondary N) is 1. The summed E-state index contributed by atoms with van der Waals surface area (Å²) in [6.07, 6.45) is -3.16. The summed E-state index contributed by atoms with van der Waals surface area (Å²) >= 11 is 0. The lowest BCUT2D eigenvalue weighted by Crippen LogP contribution is -2.35. The Morgan fingerprint density at radius 1 is 1.19 bits per heavy atom.